The Balaban J connectivity index is 1.37. The van der Waals surface area contributed by atoms with Crippen LogP contribution < -0.4 is 0 Å². The fourth-order valence-electron chi connectivity index (χ4n) is 2.65. The number of ketones is 1. The number of benzene rings is 1. The van der Waals surface area contributed by atoms with Gasteiger partial charge in [0.1, 0.15) is 5.69 Å². The first kappa shape index (κ1) is 17.0. The third-order valence-electron chi connectivity index (χ3n) is 4.02. The van der Waals surface area contributed by atoms with Crippen LogP contribution in [0.1, 0.15) is 48.3 Å². The zero-order valence-corrected chi connectivity index (χ0v) is 14.1. The fraction of sp³-hybridized carbons (Fsp3) is 0.300. The lowest BCUT2D eigenvalue weighted by Crippen LogP contribution is -2.01. The molecule has 0 aliphatic heterocycles. The minimum absolute atomic E-state index is 0.0750. The molecule has 0 bridgehead atoms. The maximum atomic E-state index is 12.1. The predicted molar refractivity (Wildman–Crippen MR) is 95.1 cm³/mol. The quantitative estimate of drug-likeness (QED) is 0.425. The number of unbranched alkanes of at least 4 members (excludes halogenated alkanes) is 3. The van der Waals surface area contributed by atoms with Gasteiger partial charge < -0.3 is 4.52 Å². The Morgan fingerprint density at radius 3 is 2.52 bits per heavy atom. The largest absolute Gasteiger partial charge is 0.332 e. The number of rotatable bonds is 9. The van der Waals surface area contributed by atoms with Gasteiger partial charge in [-0.05, 0) is 37.0 Å². The van der Waals surface area contributed by atoms with E-state index in [-0.39, 0.29) is 17.5 Å². The van der Waals surface area contributed by atoms with Crippen molar-refractivity contribution in [3.8, 4) is 11.6 Å². The molecule has 1 aromatic carbocycles. The minimum Gasteiger partial charge on any atom is -0.332 e. The van der Waals surface area contributed by atoms with Crippen molar-refractivity contribution in [1.29, 1.82) is 0 Å². The maximum Gasteiger partial charge on any atom is 0.276 e. The highest BCUT2D eigenvalue weighted by Gasteiger charge is 2.15. The molecule has 25 heavy (non-hydrogen) atoms. The average Bonchev–Trinajstić information content (AvgIpc) is 3.16. The van der Waals surface area contributed by atoms with Crippen molar-refractivity contribution in [2.75, 3.05) is 0 Å². The van der Waals surface area contributed by atoms with Crippen LogP contribution in [0.3, 0.4) is 0 Å². The van der Waals surface area contributed by atoms with Crippen LogP contribution in [-0.2, 0) is 6.42 Å². The summed E-state index contributed by atoms with van der Waals surface area (Å²) in [4.78, 5) is 20.4. The normalized spacial score (nSPS) is 10.7. The first-order valence-corrected chi connectivity index (χ1v) is 8.65. The van der Waals surface area contributed by atoms with Gasteiger partial charge in [-0.1, -0.05) is 54.4 Å². The summed E-state index contributed by atoms with van der Waals surface area (Å²) in [5.74, 6) is 0.353. The molecule has 128 valence electrons. The summed E-state index contributed by atoms with van der Waals surface area (Å²) in [6.07, 6.45) is 7.33. The van der Waals surface area contributed by atoms with Gasteiger partial charge in [-0.2, -0.15) is 4.98 Å². The van der Waals surface area contributed by atoms with Gasteiger partial charge in [0, 0.05) is 12.6 Å². The minimum atomic E-state index is -0.0750. The number of pyridine rings is 1. The summed E-state index contributed by atoms with van der Waals surface area (Å²) >= 11 is 0. The molecular weight excluding hydrogens is 314 g/mol. The van der Waals surface area contributed by atoms with E-state index in [0.29, 0.717) is 12.1 Å². The van der Waals surface area contributed by atoms with Gasteiger partial charge in [0.25, 0.3) is 5.89 Å². The molecule has 5 heteroatoms. The molecule has 0 saturated heterocycles. The molecular formula is C20H21N3O2. The molecule has 0 saturated carbocycles. The average molecular weight is 335 g/mol. The lowest BCUT2D eigenvalue weighted by Gasteiger charge is -2.01. The zero-order valence-electron chi connectivity index (χ0n) is 14.1. The first-order valence-electron chi connectivity index (χ1n) is 8.65. The van der Waals surface area contributed by atoms with E-state index in [1.807, 2.05) is 18.2 Å². The molecule has 0 aliphatic rings. The molecule has 0 amide bonds. The Bertz CT molecular complexity index is 785. The van der Waals surface area contributed by atoms with E-state index in [2.05, 4.69) is 39.4 Å². The number of nitrogens with zero attached hydrogens (tertiary/aromatic N) is 3. The number of hydrogen-bond acceptors (Lipinski definition) is 5. The van der Waals surface area contributed by atoms with E-state index in [1.165, 1.54) is 5.56 Å². The maximum absolute atomic E-state index is 12.1. The van der Waals surface area contributed by atoms with Crippen LogP contribution >= 0.6 is 0 Å². The highest BCUT2D eigenvalue weighted by atomic mass is 16.5. The van der Waals surface area contributed by atoms with Crippen molar-refractivity contribution in [2.45, 2.75) is 38.5 Å². The smallest absolute Gasteiger partial charge is 0.276 e. The lowest BCUT2D eigenvalue weighted by atomic mass is 10.0. The number of aryl methyl sites for hydroxylation is 1. The van der Waals surface area contributed by atoms with E-state index in [1.54, 1.807) is 12.3 Å². The number of carbonyl (C=O) groups excluding carboxylic acids is 1. The number of carbonyl (C=O) groups is 1. The molecule has 0 spiro atoms. The van der Waals surface area contributed by atoms with Gasteiger partial charge in [-0.25, -0.2) is 0 Å². The molecule has 3 aromatic rings. The summed E-state index contributed by atoms with van der Waals surface area (Å²) < 4.78 is 5.12. The van der Waals surface area contributed by atoms with Crippen LogP contribution in [0, 0.1) is 0 Å². The van der Waals surface area contributed by atoms with Crippen LogP contribution in [-0.4, -0.2) is 20.9 Å². The van der Waals surface area contributed by atoms with E-state index >= 15 is 0 Å². The lowest BCUT2D eigenvalue weighted by molar-refractivity contribution is 0.0966. The van der Waals surface area contributed by atoms with Crippen molar-refractivity contribution < 1.29 is 9.32 Å². The topological polar surface area (TPSA) is 68.9 Å². The molecule has 2 heterocycles. The highest BCUT2D eigenvalue weighted by Crippen LogP contribution is 2.15. The molecule has 0 fully saturated rings. The third kappa shape index (κ3) is 5.08. The van der Waals surface area contributed by atoms with Gasteiger partial charge in [0.15, 0.2) is 0 Å². The summed E-state index contributed by atoms with van der Waals surface area (Å²) in [5.41, 5.74) is 1.95. The monoisotopic (exact) mass is 335 g/mol. The molecule has 0 aliphatic carbocycles. The Morgan fingerprint density at radius 1 is 0.920 bits per heavy atom. The SMILES string of the molecule is O=C(CCCCCCc1ccccc1)c1noc(-c2ccccn2)n1. The van der Waals surface area contributed by atoms with Crippen molar-refractivity contribution >= 4 is 5.78 Å². The second kappa shape index (κ2) is 8.87. The van der Waals surface area contributed by atoms with E-state index in [0.717, 1.165) is 32.1 Å². The molecule has 0 unspecified atom stereocenters. The summed E-state index contributed by atoms with van der Waals surface area (Å²) in [6.45, 7) is 0. The van der Waals surface area contributed by atoms with E-state index in [4.69, 9.17) is 4.52 Å². The van der Waals surface area contributed by atoms with Crippen LogP contribution in [0.2, 0.25) is 0 Å². The van der Waals surface area contributed by atoms with Crippen LogP contribution in [0.4, 0.5) is 0 Å². The third-order valence-corrected chi connectivity index (χ3v) is 4.02. The summed E-state index contributed by atoms with van der Waals surface area (Å²) in [7, 11) is 0. The Morgan fingerprint density at radius 2 is 1.72 bits per heavy atom. The fourth-order valence-corrected chi connectivity index (χ4v) is 2.65. The number of aromatic nitrogens is 3. The summed E-state index contributed by atoms with van der Waals surface area (Å²) in [5, 5.41) is 3.77. The number of hydrogen-bond donors (Lipinski definition) is 0. The Hall–Kier alpha value is -2.82. The van der Waals surface area contributed by atoms with Crippen molar-refractivity contribution in [1.82, 2.24) is 15.1 Å². The standard InChI is InChI=1S/C20H21N3O2/c24-18(14-7-2-1-4-10-16-11-5-3-6-12-16)19-22-20(25-23-19)17-13-8-9-15-21-17/h3,5-6,8-9,11-13,15H,1-2,4,7,10,14H2. The molecule has 0 N–H and O–H groups in total. The van der Waals surface area contributed by atoms with Crippen molar-refractivity contribution in [3.63, 3.8) is 0 Å². The van der Waals surface area contributed by atoms with Gasteiger partial charge in [0.05, 0.1) is 0 Å². The van der Waals surface area contributed by atoms with Crippen LogP contribution in [0.5, 0.6) is 0 Å². The second-order valence-electron chi connectivity index (χ2n) is 5.96. The van der Waals surface area contributed by atoms with Crippen molar-refractivity contribution in [3.05, 3.63) is 66.1 Å². The van der Waals surface area contributed by atoms with E-state index in [9.17, 15) is 4.79 Å². The predicted octanol–water partition coefficient (Wildman–Crippen LogP) is 4.51. The Labute approximate surface area is 147 Å². The second-order valence-corrected chi connectivity index (χ2v) is 5.96. The van der Waals surface area contributed by atoms with Crippen LogP contribution in [0.15, 0.2) is 59.3 Å². The summed E-state index contributed by atoms with van der Waals surface area (Å²) in [6, 6.07) is 15.9. The van der Waals surface area contributed by atoms with Crippen molar-refractivity contribution in [2.24, 2.45) is 0 Å². The van der Waals surface area contributed by atoms with Gasteiger partial charge in [-0.15, -0.1) is 0 Å². The van der Waals surface area contributed by atoms with Gasteiger partial charge in [-0.3, -0.25) is 9.78 Å². The van der Waals surface area contributed by atoms with E-state index < -0.39 is 0 Å². The highest BCUT2D eigenvalue weighted by molar-refractivity contribution is 5.92. The number of Topliss-reactive ketones (excluding diaryl/α,β-unsaturated/α-hetero) is 1. The molecule has 3 rings (SSSR count). The zero-order chi connectivity index (χ0) is 17.3. The van der Waals surface area contributed by atoms with Gasteiger partial charge in [0.2, 0.25) is 11.6 Å². The molecule has 5 nitrogen and oxygen atoms in total. The molecule has 0 radical (unpaired) electrons. The molecule has 2 aromatic heterocycles. The molecule has 0 atom stereocenters. The Kier molecular flexibility index (Phi) is 6.04. The van der Waals surface area contributed by atoms with Crippen LogP contribution in [0.25, 0.3) is 11.6 Å². The van der Waals surface area contributed by atoms with Gasteiger partial charge >= 0.3 is 0 Å². The first-order chi connectivity index (χ1) is 12.3.